The Morgan fingerprint density at radius 1 is 1.24 bits per heavy atom. The largest absolute Gasteiger partial charge is 0.320 e. The minimum atomic E-state index is -0.259. The first-order valence-electron chi connectivity index (χ1n) is 4.57. The Morgan fingerprint density at radius 2 is 2.00 bits per heavy atom. The van der Waals surface area contributed by atoms with Crippen molar-refractivity contribution in [2.75, 3.05) is 5.32 Å². The van der Waals surface area contributed by atoms with E-state index in [-0.39, 0.29) is 5.91 Å². The van der Waals surface area contributed by atoms with E-state index < -0.39 is 0 Å². The van der Waals surface area contributed by atoms with Crippen molar-refractivity contribution in [1.29, 1.82) is 0 Å². The van der Waals surface area contributed by atoms with Gasteiger partial charge in [0.15, 0.2) is 0 Å². The molecule has 0 fully saturated rings. The van der Waals surface area contributed by atoms with Crippen molar-refractivity contribution >= 4 is 62.1 Å². The summed E-state index contributed by atoms with van der Waals surface area (Å²) in [5.41, 5.74) is 0.551. The maximum absolute atomic E-state index is 11.9. The molecule has 0 unspecified atom stereocenters. The fraction of sp³-hybridized carbons (Fsp3) is 0. The van der Waals surface area contributed by atoms with Crippen LogP contribution in [-0.4, -0.2) is 5.91 Å². The summed E-state index contributed by atoms with van der Waals surface area (Å²) in [5, 5.41) is 5.41. The maximum atomic E-state index is 11.9. The summed E-state index contributed by atoms with van der Waals surface area (Å²) < 4.78 is 0.842. The molecule has 0 bridgehead atoms. The van der Waals surface area contributed by atoms with Gasteiger partial charge in [-0.2, -0.15) is 0 Å². The lowest BCUT2D eigenvalue weighted by atomic mass is 10.3. The Balaban J connectivity index is 2.24. The summed E-state index contributed by atoms with van der Waals surface area (Å²) >= 11 is 16.5. The zero-order valence-electron chi connectivity index (χ0n) is 8.34. The first kappa shape index (κ1) is 12.9. The van der Waals surface area contributed by atoms with Gasteiger partial charge < -0.3 is 5.32 Å². The third-order valence-corrected chi connectivity index (χ3v) is 4.16. The molecular formula is C11H6BrCl2NOS. The third-order valence-electron chi connectivity index (χ3n) is 2.00. The lowest BCUT2D eigenvalue weighted by Crippen LogP contribution is -2.10. The van der Waals surface area contributed by atoms with Crippen LogP contribution in [0.3, 0.4) is 0 Å². The molecule has 6 heteroatoms. The molecule has 0 aliphatic carbocycles. The second-order valence-electron chi connectivity index (χ2n) is 3.18. The predicted octanol–water partition coefficient (Wildman–Crippen LogP) is 5.07. The molecule has 17 heavy (non-hydrogen) atoms. The van der Waals surface area contributed by atoms with Crippen molar-refractivity contribution in [3.63, 3.8) is 0 Å². The van der Waals surface area contributed by atoms with Crippen molar-refractivity contribution in [2.45, 2.75) is 0 Å². The van der Waals surface area contributed by atoms with Gasteiger partial charge in [-0.15, -0.1) is 11.3 Å². The Kier molecular flexibility index (Phi) is 4.09. The van der Waals surface area contributed by atoms with Crippen molar-refractivity contribution in [3.8, 4) is 0 Å². The number of amides is 1. The highest BCUT2D eigenvalue weighted by Crippen LogP contribution is 2.28. The zero-order chi connectivity index (χ0) is 12.4. The molecule has 0 spiro atoms. The summed E-state index contributed by atoms with van der Waals surface area (Å²) in [4.78, 5) is 12.4. The Labute approximate surface area is 121 Å². The molecule has 0 aliphatic rings. The van der Waals surface area contributed by atoms with E-state index in [1.807, 2.05) is 0 Å². The van der Waals surface area contributed by atoms with Crippen LogP contribution in [0.5, 0.6) is 0 Å². The van der Waals surface area contributed by atoms with Gasteiger partial charge in [-0.3, -0.25) is 4.79 Å². The van der Waals surface area contributed by atoms with Gasteiger partial charge in [-0.25, -0.2) is 0 Å². The number of nitrogens with one attached hydrogen (secondary N) is 1. The van der Waals surface area contributed by atoms with Crippen molar-refractivity contribution < 1.29 is 4.79 Å². The van der Waals surface area contributed by atoms with Crippen LogP contribution in [0.25, 0.3) is 0 Å². The topological polar surface area (TPSA) is 29.1 Å². The number of anilines is 1. The summed E-state index contributed by atoms with van der Waals surface area (Å²) in [7, 11) is 0. The van der Waals surface area contributed by atoms with Crippen LogP contribution < -0.4 is 5.32 Å². The fourth-order valence-corrected chi connectivity index (χ4v) is 2.79. The van der Waals surface area contributed by atoms with E-state index in [1.165, 1.54) is 11.3 Å². The quantitative estimate of drug-likeness (QED) is 0.804. The van der Waals surface area contributed by atoms with Crippen LogP contribution in [0.1, 0.15) is 9.67 Å². The number of hydrogen-bond donors (Lipinski definition) is 1. The van der Waals surface area contributed by atoms with E-state index in [1.54, 1.807) is 29.6 Å². The van der Waals surface area contributed by atoms with E-state index >= 15 is 0 Å². The van der Waals surface area contributed by atoms with Crippen LogP contribution in [0.15, 0.2) is 34.1 Å². The summed E-state index contributed by atoms with van der Waals surface area (Å²) in [5.74, 6) is -0.259. The Morgan fingerprint density at radius 3 is 2.65 bits per heavy atom. The average molecular weight is 351 g/mol. The lowest BCUT2D eigenvalue weighted by molar-refractivity contribution is 0.103. The standard InChI is InChI=1S/C11H6BrCl2NOS/c12-6-1-2-7(13)9(5-6)15-11(16)10-8(14)3-4-17-10/h1-5H,(H,15,16). The molecule has 1 heterocycles. The number of rotatable bonds is 2. The van der Waals surface area contributed by atoms with Crippen LogP contribution >= 0.6 is 50.5 Å². The van der Waals surface area contributed by atoms with Gasteiger partial charge in [0.25, 0.3) is 5.91 Å². The number of hydrogen-bond acceptors (Lipinski definition) is 2. The van der Waals surface area contributed by atoms with Crippen molar-refractivity contribution in [3.05, 3.63) is 49.0 Å². The summed E-state index contributed by atoms with van der Waals surface area (Å²) in [6, 6.07) is 6.93. The van der Waals surface area contributed by atoms with Crippen LogP contribution in [0.4, 0.5) is 5.69 Å². The summed E-state index contributed by atoms with van der Waals surface area (Å²) in [6.45, 7) is 0. The molecule has 0 aliphatic heterocycles. The van der Waals surface area contributed by atoms with Gasteiger partial charge in [0.05, 0.1) is 15.7 Å². The molecule has 0 saturated carbocycles. The van der Waals surface area contributed by atoms with Gasteiger partial charge in [-0.1, -0.05) is 39.1 Å². The fourth-order valence-electron chi connectivity index (χ4n) is 1.23. The molecule has 1 aromatic carbocycles. The van der Waals surface area contributed by atoms with Crippen LogP contribution in [0.2, 0.25) is 10.0 Å². The highest BCUT2D eigenvalue weighted by molar-refractivity contribution is 9.10. The first-order chi connectivity index (χ1) is 8.08. The SMILES string of the molecule is O=C(Nc1cc(Br)ccc1Cl)c1sccc1Cl. The highest BCUT2D eigenvalue weighted by atomic mass is 79.9. The molecule has 2 aromatic rings. The van der Waals surface area contributed by atoms with Gasteiger partial charge in [0.2, 0.25) is 0 Å². The predicted molar refractivity (Wildman–Crippen MR) is 76.4 cm³/mol. The number of carbonyl (C=O) groups excluding carboxylic acids is 1. The smallest absolute Gasteiger partial charge is 0.267 e. The number of benzene rings is 1. The second kappa shape index (κ2) is 5.40. The van der Waals surface area contributed by atoms with E-state index in [4.69, 9.17) is 23.2 Å². The molecule has 0 atom stereocenters. The van der Waals surface area contributed by atoms with E-state index in [2.05, 4.69) is 21.2 Å². The highest BCUT2D eigenvalue weighted by Gasteiger charge is 2.13. The van der Waals surface area contributed by atoms with E-state index in [0.29, 0.717) is 20.6 Å². The second-order valence-corrected chi connectivity index (χ2v) is 5.82. The average Bonchev–Trinajstić information content (AvgIpc) is 2.70. The monoisotopic (exact) mass is 349 g/mol. The molecule has 88 valence electrons. The van der Waals surface area contributed by atoms with Crippen molar-refractivity contribution in [2.24, 2.45) is 0 Å². The molecule has 0 radical (unpaired) electrons. The van der Waals surface area contributed by atoms with Gasteiger partial charge >= 0.3 is 0 Å². The number of halogens is 3. The first-order valence-corrected chi connectivity index (χ1v) is 7.00. The van der Waals surface area contributed by atoms with Gasteiger partial charge in [0.1, 0.15) is 4.88 Å². The molecule has 2 rings (SSSR count). The maximum Gasteiger partial charge on any atom is 0.267 e. The van der Waals surface area contributed by atoms with Crippen LogP contribution in [-0.2, 0) is 0 Å². The van der Waals surface area contributed by atoms with Gasteiger partial charge in [-0.05, 0) is 29.6 Å². The minimum absolute atomic E-state index is 0.259. The minimum Gasteiger partial charge on any atom is -0.320 e. The van der Waals surface area contributed by atoms with Crippen LogP contribution in [0, 0.1) is 0 Å². The molecule has 1 aromatic heterocycles. The lowest BCUT2D eigenvalue weighted by Gasteiger charge is -2.06. The summed E-state index contributed by atoms with van der Waals surface area (Å²) in [6.07, 6.45) is 0. The van der Waals surface area contributed by atoms with E-state index in [9.17, 15) is 4.79 Å². The molecule has 0 saturated heterocycles. The Bertz CT molecular complexity index is 570. The Hall–Kier alpha value is -0.550. The van der Waals surface area contributed by atoms with Crippen molar-refractivity contribution in [1.82, 2.24) is 0 Å². The molecule has 2 nitrogen and oxygen atoms in total. The number of thiophene rings is 1. The van der Waals surface area contributed by atoms with Gasteiger partial charge in [0, 0.05) is 4.47 Å². The molecule has 1 N–H and O–H groups in total. The van der Waals surface area contributed by atoms with E-state index in [0.717, 1.165) is 4.47 Å². The zero-order valence-corrected chi connectivity index (χ0v) is 12.3. The third kappa shape index (κ3) is 3.01. The normalized spacial score (nSPS) is 10.3. The molecular weight excluding hydrogens is 345 g/mol. The molecule has 1 amide bonds. The number of carbonyl (C=O) groups is 1.